The summed E-state index contributed by atoms with van der Waals surface area (Å²) in [6.45, 7) is 9.48. The molecule has 0 saturated carbocycles. The van der Waals surface area contributed by atoms with Gasteiger partial charge in [-0.3, -0.25) is 9.67 Å². The van der Waals surface area contributed by atoms with Gasteiger partial charge in [0.2, 0.25) is 10.0 Å². The van der Waals surface area contributed by atoms with Crippen LogP contribution in [0.25, 0.3) is 22.2 Å². The molecular weight excluding hydrogens is 502 g/mol. The van der Waals surface area contributed by atoms with Crippen LogP contribution < -0.4 is 14.9 Å². The lowest BCUT2D eigenvalue weighted by molar-refractivity contribution is 0.313. The van der Waals surface area contributed by atoms with E-state index < -0.39 is 10.0 Å². The highest BCUT2D eigenvalue weighted by atomic mass is 32.2. The van der Waals surface area contributed by atoms with Crippen LogP contribution in [0.2, 0.25) is 0 Å². The molecule has 1 aliphatic heterocycles. The third kappa shape index (κ3) is 5.18. The van der Waals surface area contributed by atoms with Gasteiger partial charge in [-0.1, -0.05) is 13.8 Å². The van der Waals surface area contributed by atoms with Crippen molar-refractivity contribution in [2.45, 2.75) is 39.7 Å². The van der Waals surface area contributed by atoms with Gasteiger partial charge in [-0.25, -0.2) is 28.1 Å². The molecule has 0 unspecified atom stereocenters. The largest absolute Gasteiger partial charge is 0.366 e. The molecule has 5 rings (SSSR count). The summed E-state index contributed by atoms with van der Waals surface area (Å²) >= 11 is 0. The van der Waals surface area contributed by atoms with Gasteiger partial charge >= 0.3 is 0 Å². The van der Waals surface area contributed by atoms with Gasteiger partial charge in [0, 0.05) is 61.5 Å². The Labute approximate surface area is 222 Å². The fourth-order valence-corrected chi connectivity index (χ4v) is 5.42. The molecule has 200 valence electrons. The smallest absolute Gasteiger partial charge is 0.208 e. The van der Waals surface area contributed by atoms with E-state index >= 15 is 0 Å². The molecule has 0 spiro atoms. The van der Waals surface area contributed by atoms with Crippen molar-refractivity contribution in [2.24, 2.45) is 13.0 Å². The standard InChI is InChI=1S/C26H33N9O2S/c1-15(2)25-19-9-24(31-23-7-8-27-26(32-23)21-14-34(5)33-16(21)3)28-11-20(19)22(12-29-25)35-13-18(17(35)4)10-30-38(6,36)37/h7-9,11-12,14-15,17-18,30H,10,13H2,1-6H3,(H,27,28,31,32)/t17-,18-/m1/s1. The Kier molecular flexibility index (Phi) is 6.78. The Bertz CT molecular complexity index is 1600. The molecule has 5 heterocycles. The van der Waals surface area contributed by atoms with Crippen molar-refractivity contribution in [3.63, 3.8) is 0 Å². The van der Waals surface area contributed by atoms with Crippen molar-refractivity contribution in [1.29, 1.82) is 0 Å². The average Bonchev–Trinajstić information content (AvgIpc) is 3.19. The molecule has 1 fully saturated rings. The first kappa shape index (κ1) is 26.0. The maximum atomic E-state index is 11.5. The second kappa shape index (κ2) is 9.91. The highest BCUT2D eigenvalue weighted by Crippen LogP contribution is 2.38. The zero-order chi connectivity index (χ0) is 27.2. The zero-order valence-corrected chi connectivity index (χ0v) is 23.3. The Hall–Kier alpha value is -3.64. The van der Waals surface area contributed by atoms with E-state index in [2.05, 4.69) is 50.8 Å². The second-order valence-electron chi connectivity index (χ2n) is 10.3. The molecule has 0 aromatic carbocycles. The molecule has 0 radical (unpaired) electrons. The first-order chi connectivity index (χ1) is 18.0. The van der Waals surface area contributed by atoms with Crippen LogP contribution in [-0.2, 0) is 17.1 Å². The molecule has 4 aromatic rings. The topological polar surface area (TPSA) is 131 Å². The zero-order valence-electron chi connectivity index (χ0n) is 22.5. The van der Waals surface area contributed by atoms with Gasteiger partial charge in [-0.15, -0.1) is 0 Å². The minimum atomic E-state index is -3.21. The quantitative estimate of drug-likeness (QED) is 0.349. The van der Waals surface area contributed by atoms with Crippen LogP contribution in [-0.4, -0.2) is 63.5 Å². The van der Waals surface area contributed by atoms with E-state index in [1.54, 1.807) is 10.9 Å². The Morgan fingerprint density at radius 2 is 1.92 bits per heavy atom. The first-order valence-electron chi connectivity index (χ1n) is 12.6. The molecule has 12 heteroatoms. The molecule has 0 amide bonds. The molecule has 0 bridgehead atoms. The van der Waals surface area contributed by atoms with Crippen LogP contribution in [0.3, 0.4) is 0 Å². The number of sulfonamides is 1. The molecule has 38 heavy (non-hydrogen) atoms. The van der Waals surface area contributed by atoms with Crippen LogP contribution in [0, 0.1) is 12.8 Å². The van der Waals surface area contributed by atoms with Crippen molar-refractivity contribution < 1.29 is 8.42 Å². The van der Waals surface area contributed by atoms with Crippen molar-refractivity contribution in [3.8, 4) is 11.4 Å². The van der Waals surface area contributed by atoms with Crippen molar-refractivity contribution in [2.75, 3.05) is 29.6 Å². The van der Waals surface area contributed by atoms with E-state index in [9.17, 15) is 8.42 Å². The number of pyridine rings is 2. The van der Waals surface area contributed by atoms with Crippen LogP contribution in [0.1, 0.15) is 38.1 Å². The van der Waals surface area contributed by atoms with E-state index in [1.807, 2.05) is 44.7 Å². The highest BCUT2D eigenvalue weighted by molar-refractivity contribution is 7.88. The summed E-state index contributed by atoms with van der Waals surface area (Å²) in [5, 5.41) is 9.76. The van der Waals surface area contributed by atoms with E-state index in [4.69, 9.17) is 9.97 Å². The van der Waals surface area contributed by atoms with Gasteiger partial charge in [-0.05, 0) is 31.9 Å². The van der Waals surface area contributed by atoms with E-state index in [0.717, 1.165) is 40.0 Å². The number of hydrogen-bond donors (Lipinski definition) is 2. The predicted molar refractivity (Wildman–Crippen MR) is 149 cm³/mol. The summed E-state index contributed by atoms with van der Waals surface area (Å²) in [5.74, 6) is 2.35. The minimum absolute atomic E-state index is 0.173. The Balaban J connectivity index is 1.43. The number of fused-ring (bicyclic) bond motifs is 1. The normalized spacial score (nSPS) is 17.7. The minimum Gasteiger partial charge on any atom is -0.366 e. The highest BCUT2D eigenvalue weighted by Gasteiger charge is 2.37. The van der Waals surface area contributed by atoms with Crippen LogP contribution in [0.4, 0.5) is 17.3 Å². The maximum Gasteiger partial charge on any atom is 0.208 e. The van der Waals surface area contributed by atoms with Gasteiger partial charge in [0.25, 0.3) is 0 Å². The lowest BCUT2D eigenvalue weighted by atomic mass is 9.88. The lowest BCUT2D eigenvalue weighted by Crippen LogP contribution is -2.58. The van der Waals surface area contributed by atoms with Gasteiger partial charge in [-0.2, -0.15) is 5.10 Å². The number of aromatic nitrogens is 6. The third-order valence-electron chi connectivity index (χ3n) is 7.02. The monoisotopic (exact) mass is 535 g/mol. The summed E-state index contributed by atoms with van der Waals surface area (Å²) in [6, 6.07) is 4.00. The molecule has 11 nitrogen and oxygen atoms in total. The third-order valence-corrected chi connectivity index (χ3v) is 7.71. The van der Waals surface area contributed by atoms with Gasteiger partial charge in [0.15, 0.2) is 5.82 Å². The number of nitrogens with zero attached hydrogens (tertiary/aromatic N) is 7. The summed E-state index contributed by atoms with van der Waals surface area (Å²) in [6.07, 6.45) is 8.61. The summed E-state index contributed by atoms with van der Waals surface area (Å²) in [5.41, 5.74) is 3.74. The Morgan fingerprint density at radius 1 is 1.13 bits per heavy atom. The van der Waals surface area contributed by atoms with Gasteiger partial charge in [0.05, 0.1) is 35.1 Å². The van der Waals surface area contributed by atoms with E-state index in [1.165, 1.54) is 6.26 Å². The van der Waals surface area contributed by atoms with Crippen LogP contribution in [0.15, 0.2) is 36.9 Å². The summed E-state index contributed by atoms with van der Waals surface area (Å²) in [4.78, 5) is 20.9. The average molecular weight is 536 g/mol. The van der Waals surface area contributed by atoms with Gasteiger partial charge < -0.3 is 10.2 Å². The van der Waals surface area contributed by atoms with Crippen LogP contribution >= 0.6 is 0 Å². The van der Waals surface area contributed by atoms with E-state index in [0.29, 0.717) is 24.0 Å². The molecule has 1 saturated heterocycles. The molecular formula is C26H33N9O2S. The fraction of sp³-hybridized carbons (Fsp3) is 0.423. The second-order valence-corrected chi connectivity index (χ2v) is 12.1. The summed E-state index contributed by atoms with van der Waals surface area (Å²) in [7, 11) is -1.34. The van der Waals surface area contributed by atoms with Crippen molar-refractivity contribution in [1.82, 2.24) is 34.4 Å². The first-order valence-corrected chi connectivity index (χ1v) is 14.5. The predicted octanol–water partition coefficient (Wildman–Crippen LogP) is 3.37. The van der Waals surface area contributed by atoms with E-state index in [-0.39, 0.29) is 17.9 Å². The molecule has 0 aliphatic carbocycles. The maximum absolute atomic E-state index is 11.5. The number of aryl methyl sites for hydroxylation is 2. The fourth-order valence-electron chi connectivity index (χ4n) is 4.91. The van der Waals surface area contributed by atoms with Crippen LogP contribution in [0.5, 0.6) is 0 Å². The van der Waals surface area contributed by atoms with Crippen molar-refractivity contribution >= 4 is 38.1 Å². The lowest BCUT2D eigenvalue weighted by Gasteiger charge is -2.48. The summed E-state index contributed by atoms with van der Waals surface area (Å²) < 4.78 is 27.4. The molecule has 2 atom stereocenters. The molecule has 4 aromatic heterocycles. The number of rotatable bonds is 8. The molecule has 2 N–H and O–H groups in total. The number of hydrogen-bond acceptors (Lipinski definition) is 9. The number of anilines is 3. The van der Waals surface area contributed by atoms with Gasteiger partial charge in [0.1, 0.15) is 11.6 Å². The molecule has 1 aliphatic rings. The Morgan fingerprint density at radius 3 is 2.58 bits per heavy atom. The SMILES string of the molecule is Cc1nn(C)cc1-c1nccc(Nc2cc3c(C(C)C)ncc(N4C[C@@H](CNS(C)(=O)=O)[C@H]4C)c3cn2)n1. The number of nitrogens with one attached hydrogen (secondary N) is 2. The van der Waals surface area contributed by atoms with Crippen molar-refractivity contribution in [3.05, 3.63) is 48.3 Å².